The molecule has 3 rings (SSSR count). The summed E-state index contributed by atoms with van der Waals surface area (Å²) < 4.78 is 6.37. The molecular formula is C26H28ClNO3. The summed E-state index contributed by atoms with van der Waals surface area (Å²) in [7, 11) is 0. The van der Waals surface area contributed by atoms with Crippen LogP contribution in [0.5, 0.6) is 5.75 Å². The van der Waals surface area contributed by atoms with E-state index in [2.05, 4.69) is 6.92 Å². The summed E-state index contributed by atoms with van der Waals surface area (Å²) in [6.45, 7) is 4.15. The molecule has 5 heteroatoms. The number of carboxylic acids is 1. The number of aryl methyl sites for hydroxylation is 2. The minimum atomic E-state index is -0.786. The van der Waals surface area contributed by atoms with E-state index in [0.717, 1.165) is 53.1 Å². The number of hydrogen-bond acceptors (Lipinski definition) is 3. The third-order valence-corrected chi connectivity index (χ3v) is 5.51. The zero-order chi connectivity index (χ0) is 22.2. The Hall–Kier alpha value is -2.85. The fraction of sp³-hybridized carbons (Fsp3) is 0.308. The maximum absolute atomic E-state index is 10.9. The summed E-state index contributed by atoms with van der Waals surface area (Å²) in [6.07, 6.45) is 3.47. The Morgan fingerprint density at radius 2 is 1.90 bits per heavy atom. The van der Waals surface area contributed by atoms with Crippen LogP contribution in [0.25, 0.3) is 11.3 Å². The average molecular weight is 438 g/mol. The minimum absolute atomic E-state index is 0.127. The van der Waals surface area contributed by atoms with Gasteiger partial charge < -0.3 is 9.84 Å². The van der Waals surface area contributed by atoms with Crippen molar-refractivity contribution < 1.29 is 14.6 Å². The molecule has 1 heterocycles. The van der Waals surface area contributed by atoms with E-state index in [0.29, 0.717) is 11.4 Å². The lowest BCUT2D eigenvalue weighted by Gasteiger charge is -2.20. The van der Waals surface area contributed by atoms with Gasteiger partial charge in [0, 0.05) is 17.0 Å². The lowest BCUT2D eigenvalue weighted by atomic mass is 10.0. The van der Waals surface area contributed by atoms with Crippen molar-refractivity contribution in [2.24, 2.45) is 0 Å². The van der Waals surface area contributed by atoms with Crippen molar-refractivity contribution in [3.8, 4) is 17.0 Å². The van der Waals surface area contributed by atoms with Crippen LogP contribution in [0.2, 0.25) is 5.02 Å². The molecule has 0 spiro atoms. The summed E-state index contributed by atoms with van der Waals surface area (Å²) in [5.74, 6) is -0.0117. The van der Waals surface area contributed by atoms with Crippen LogP contribution in [0.4, 0.5) is 0 Å². The first-order valence-corrected chi connectivity index (χ1v) is 11.0. The summed E-state index contributed by atoms with van der Waals surface area (Å²) >= 11 is 6.02. The Morgan fingerprint density at radius 1 is 1.13 bits per heavy atom. The van der Waals surface area contributed by atoms with Crippen molar-refractivity contribution in [1.82, 2.24) is 4.98 Å². The largest absolute Gasteiger partial charge is 0.484 e. The van der Waals surface area contributed by atoms with E-state index < -0.39 is 5.97 Å². The second-order valence-electron chi connectivity index (χ2n) is 7.69. The highest BCUT2D eigenvalue weighted by Gasteiger charge is 2.16. The van der Waals surface area contributed by atoms with E-state index >= 15 is 0 Å². The molecule has 1 aromatic heterocycles. The Morgan fingerprint density at radius 3 is 2.58 bits per heavy atom. The number of pyridine rings is 1. The molecule has 0 aliphatic rings. The molecule has 0 saturated carbocycles. The Balaban J connectivity index is 1.82. The highest BCUT2D eigenvalue weighted by molar-refractivity contribution is 6.30. The molecule has 4 nitrogen and oxygen atoms in total. The normalized spacial score (nSPS) is 11.8. The Bertz CT molecular complexity index is 1020. The van der Waals surface area contributed by atoms with Crippen molar-refractivity contribution in [3.63, 3.8) is 0 Å². The van der Waals surface area contributed by atoms with E-state index in [1.165, 1.54) is 0 Å². The van der Waals surface area contributed by atoms with Crippen molar-refractivity contribution in [1.29, 1.82) is 0 Å². The zero-order valence-electron chi connectivity index (χ0n) is 18.0. The topological polar surface area (TPSA) is 59.4 Å². The van der Waals surface area contributed by atoms with Crippen LogP contribution in [0.3, 0.4) is 0 Å². The van der Waals surface area contributed by atoms with Crippen LogP contribution in [-0.2, 0) is 11.2 Å². The highest BCUT2D eigenvalue weighted by Crippen LogP contribution is 2.29. The Kier molecular flexibility index (Phi) is 8.07. The number of carboxylic acid groups (broad SMARTS) is 1. The second-order valence-corrected chi connectivity index (χ2v) is 8.12. The van der Waals surface area contributed by atoms with Gasteiger partial charge >= 0.3 is 5.97 Å². The molecule has 0 radical (unpaired) electrons. The van der Waals surface area contributed by atoms with Gasteiger partial charge in [-0.1, -0.05) is 49.2 Å². The molecule has 0 amide bonds. The first kappa shape index (κ1) is 22.8. The summed E-state index contributed by atoms with van der Waals surface area (Å²) in [5, 5.41) is 9.63. The molecule has 3 aromatic rings. The number of nitrogens with zero attached hydrogens (tertiary/aromatic N) is 1. The molecule has 0 aliphatic carbocycles. The fourth-order valence-electron chi connectivity index (χ4n) is 3.50. The van der Waals surface area contributed by atoms with Gasteiger partial charge in [0.2, 0.25) is 0 Å². The maximum Gasteiger partial charge on any atom is 0.303 e. The lowest BCUT2D eigenvalue weighted by molar-refractivity contribution is -0.136. The number of carbonyl (C=O) groups is 1. The number of aliphatic carboxylic acids is 1. The van der Waals surface area contributed by atoms with E-state index in [4.69, 9.17) is 26.4 Å². The molecule has 0 fully saturated rings. The predicted octanol–water partition coefficient (Wildman–Crippen LogP) is 7.04. The monoisotopic (exact) mass is 437 g/mol. The van der Waals surface area contributed by atoms with Crippen LogP contribution in [0.15, 0.2) is 60.7 Å². The molecule has 0 saturated heterocycles. The number of halogens is 1. The SMILES string of the molecule is CCCC[C@@H](Oc1ccc(CCC(=O)O)c(C)c1)c1cccc(-c2ccc(Cl)cc2)n1. The lowest BCUT2D eigenvalue weighted by Crippen LogP contribution is -2.10. The molecule has 0 unspecified atom stereocenters. The number of unbranched alkanes of at least 4 members (excludes halogenated alkanes) is 1. The summed E-state index contributed by atoms with van der Waals surface area (Å²) in [4.78, 5) is 15.7. The predicted molar refractivity (Wildman–Crippen MR) is 125 cm³/mol. The van der Waals surface area contributed by atoms with Crippen LogP contribution in [0.1, 0.15) is 55.5 Å². The van der Waals surface area contributed by atoms with Gasteiger partial charge in [0.05, 0.1) is 11.4 Å². The summed E-state index contributed by atoms with van der Waals surface area (Å²) in [5.41, 5.74) is 4.87. The number of rotatable bonds is 10. The molecule has 162 valence electrons. The third kappa shape index (κ3) is 6.56. The van der Waals surface area contributed by atoms with Gasteiger partial charge in [-0.15, -0.1) is 0 Å². The summed E-state index contributed by atoms with van der Waals surface area (Å²) in [6, 6.07) is 19.5. The smallest absolute Gasteiger partial charge is 0.303 e. The first-order valence-electron chi connectivity index (χ1n) is 10.7. The number of hydrogen-bond donors (Lipinski definition) is 1. The van der Waals surface area contributed by atoms with Crippen molar-refractivity contribution in [2.75, 3.05) is 0 Å². The van der Waals surface area contributed by atoms with Gasteiger partial charge in [0.15, 0.2) is 0 Å². The van der Waals surface area contributed by atoms with Crippen molar-refractivity contribution in [3.05, 3.63) is 82.5 Å². The van der Waals surface area contributed by atoms with E-state index in [1.54, 1.807) is 0 Å². The van der Waals surface area contributed by atoms with Crippen LogP contribution < -0.4 is 4.74 Å². The van der Waals surface area contributed by atoms with Gasteiger partial charge in [-0.3, -0.25) is 4.79 Å². The molecule has 1 atom stereocenters. The second kappa shape index (κ2) is 11.0. The number of ether oxygens (including phenoxy) is 1. The molecule has 31 heavy (non-hydrogen) atoms. The molecular weight excluding hydrogens is 410 g/mol. The third-order valence-electron chi connectivity index (χ3n) is 5.26. The highest BCUT2D eigenvalue weighted by atomic mass is 35.5. The number of benzene rings is 2. The van der Waals surface area contributed by atoms with Gasteiger partial charge in [-0.25, -0.2) is 4.98 Å². The van der Waals surface area contributed by atoms with Crippen molar-refractivity contribution >= 4 is 17.6 Å². The Labute approximate surface area is 188 Å². The quantitative estimate of drug-likeness (QED) is 0.369. The van der Waals surface area contributed by atoms with Crippen LogP contribution in [0, 0.1) is 6.92 Å². The van der Waals surface area contributed by atoms with Crippen LogP contribution in [-0.4, -0.2) is 16.1 Å². The minimum Gasteiger partial charge on any atom is -0.484 e. The van der Waals surface area contributed by atoms with E-state index in [9.17, 15) is 4.79 Å². The van der Waals surface area contributed by atoms with Crippen molar-refractivity contribution in [2.45, 2.75) is 52.1 Å². The van der Waals surface area contributed by atoms with Crippen LogP contribution >= 0.6 is 11.6 Å². The fourth-order valence-corrected chi connectivity index (χ4v) is 3.62. The standard InChI is InChI=1S/C26H28ClNO3/c1-3-4-8-25(31-22-15-11-19(18(2)17-22)12-16-26(29)30)24-7-5-6-23(28-24)20-9-13-21(27)14-10-20/h5-7,9-11,13-15,17,25H,3-4,8,12,16H2,1-2H3,(H,29,30)/t25-/m1/s1. The van der Waals surface area contributed by atoms with Gasteiger partial charge in [-0.2, -0.15) is 0 Å². The molecule has 0 bridgehead atoms. The van der Waals surface area contributed by atoms with E-state index in [1.807, 2.05) is 67.6 Å². The molecule has 1 N–H and O–H groups in total. The first-order chi connectivity index (χ1) is 15.0. The zero-order valence-corrected chi connectivity index (χ0v) is 18.7. The van der Waals surface area contributed by atoms with Gasteiger partial charge in [-0.05, 0) is 73.7 Å². The maximum atomic E-state index is 10.9. The molecule has 0 aliphatic heterocycles. The van der Waals surface area contributed by atoms with Gasteiger partial charge in [0.25, 0.3) is 0 Å². The number of aromatic nitrogens is 1. The average Bonchev–Trinajstić information content (AvgIpc) is 2.76. The molecule has 2 aromatic carbocycles. The van der Waals surface area contributed by atoms with Gasteiger partial charge in [0.1, 0.15) is 11.9 Å². The van der Waals surface area contributed by atoms with E-state index in [-0.39, 0.29) is 12.5 Å².